The number of aryl methyl sites for hydroxylation is 1. The maximum Gasteiger partial charge on any atom is 0.268 e. The number of rotatable bonds is 3. The van der Waals surface area contributed by atoms with Crippen LogP contribution in [-0.4, -0.2) is 19.9 Å². The highest BCUT2D eigenvalue weighted by atomic mass is 32.1. The molecule has 0 spiro atoms. The van der Waals surface area contributed by atoms with Crippen LogP contribution in [0.25, 0.3) is 10.8 Å². The molecule has 6 heteroatoms. The van der Waals surface area contributed by atoms with Crippen molar-refractivity contribution < 1.29 is 4.52 Å². The van der Waals surface area contributed by atoms with Crippen molar-refractivity contribution in [2.45, 2.75) is 13.5 Å². The van der Waals surface area contributed by atoms with Crippen molar-refractivity contribution in [3.05, 3.63) is 41.3 Å². The van der Waals surface area contributed by atoms with Crippen LogP contribution < -0.4 is 0 Å². The highest BCUT2D eigenvalue weighted by Gasteiger charge is 2.09. The third kappa shape index (κ3) is 2.12. The first-order valence-corrected chi connectivity index (χ1v) is 6.05. The van der Waals surface area contributed by atoms with Gasteiger partial charge in [0.2, 0.25) is 0 Å². The maximum absolute atomic E-state index is 5.20. The molecule has 3 aromatic rings. The molecule has 17 heavy (non-hydrogen) atoms. The summed E-state index contributed by atoms with van der Waals surface area (Å²) in [7, 11) is 0. The number of thiophene rings is 1. The summed E-state index contributed by atoms with van der Waals surface area (Å²) in [5.74, 6) is 1.20. The summed E-state index contributed by atoms with van der Waals surface area (Å²) in [4.78, 5) is 5.32. The van der Waals surface area contributed by atoms with Gasteiger partial charge < -0.3 is 4.52 Å². The third-order valence-electron chi connectivity index (χ3n) is 2.27. The third-order valence-corrected chi connectivity index (χ3v) is 3.12. The molecule has 3 heterocycles. The van der Waals surface area contributed by atoms with Crippen molar-refractivity contribution in [1.29, 1.82) is 0 Å². The maximum atomic E-state index is 5.20. The summed E-state index contributed by atoms with van der Waals surface area (Å²) in [6.07, 6.45) is 3.75. The SMILES string of the molecule is Cc1cnn(Cc2noc(-c3cccs3)n2)c1. The largest absolute Gasteiger partial charge is 0.333 e. The van der Waals surface area contributed by atoms with Gasteiger partial charge in [-0.1, -0.05) is 11.2 Å². The molecule has 0 amide bonds. The Hall–Kier alpha value is -1.95. The minimum atomic E-state index is 0.530. The number of hydrogen-bond donors (Lipinski definition) is 0. The van der Waals surface area contributed by atoms with Gasteiger partial charge in [-0.05, 0) is 23.9 Å². The molecule has 0 saturated carbocycles. The first-order valence-electron chi connectivity index (χ1n) is 5.17. The molecule has 0 fully saturated rings. The van der Waals surface area contributed by atoms with E-state index in [0.29, 0.717) is 18.3 Å². The Morgan fingerprint density at radius 2 is 2.41 bits per heavy atom. The molecule has 3 rings (SSSR count). The second kappa shape index (κ2) is 4.14. The van der Waals surface area contributed by atoms with Crippen LogP contribution in [0.3, 0.4) is 0 Å². The van der Waals surface area contributed by atoms with Crippen LogP contribution in [0.1, 0.15) is 11.4 Å². The molecule has 0 N–H and O–H groups in total. The van der Waals surface area contributed by atoms with E-state index in [1.807, 2.05) is 30.6 Å². The summed E-state index contributed by atoms with van der Waals surface area (Å²) < 4.78 is 6.99. The van der Waals surface area contributed by atoms with Crippen molar-refractivity contribution in [1.82, 2.24) is 19.9 Å². The molecule has 0 aromatic carbocycles. The molecule has 3 aromatic heterocycles. The Balaban J connectivity index is 1.81. The summed E-state index contributed by atoms with van der Waals surface area (Å²) in [6.45, 7) is 2.53. The van der Waals surface area contributed by atoms with Gasteiger partial charge in [-0.15, -0.1) is 11.3 Å². The standard InChI is InChI=1S/C11H10N4OS/c1-8-5-12-15(6-8)7-10-13-11(16-14-10)9-3-2-4-17-9/h2-6H,7H2,1H3. The van der Waals surface area contributed by atoms with Crippen molar-refractivity contribution in [3.8, 4) is 10.8 Å². The molecule has 0 atom stereocenters. The lowest BCUT2D eigenvalue weighted by atomic mass is 10.4. The summed E-state index contributed by atoms with van der Waals surface area (Å²) in [5.41, 5.74) is 1.12. The fourth-order valence-electron chi connectivity index (χ4n) is 1.52. The van der Waals surface area contributed by atoms with E-state index in [1.165, 1.54) is 0 Å². The van der Waals surface area contributed by atoms with Crippen LogP contribution in [0.15, 0.2) is 34.4 Å². The fraction of sp³-hybridized carbons (Fsp3) is 0.182. The van der Waals surface area contributed by atoms with E-state index < -0.39 is 0 Å². The van der Waals surface area contributed by atoms with Gasteiger partial charge in [0.05, 0.1) is 11.1 Å². The van der Waals surface area contributed by atoms with Crippen LogP contribution in [0.2, 0.25) is 0 Å². The lowest BCUT2D eigenvalue weighted by Gasteiger charge is -1.93. The quantitative estimate of drug-likeness (QED) is 0.711. The second-order valence-electron chi connectivity index (χ2n) is 3.71. The fourth-order valence-corrected chi connectivity index (χ4v) is 2.16. The Labute approximate surface area is 102 Å². The summed E-state index contributed by atoms with van der Waals surface area (Å²) in [6, 6.07) is 3.92. The van der Waals surface area contributed by atoms with E-state index in [2.05, 4.69) is 15.2 Å². The van der Waals surface area contributed by atoms with Gasteiger partial charge in [0.1, 0.15) is 6.54 Å². The van der Waals surface area contributed by atoms with E-state index in [0.717, 1.165) is 10.4 Å². The highest BCUT2D eigenvalue weighted by Crippen LogP contribution is 2.22. The zero-order chi connectivity index (χ0) is 11.7. The molecule has 0 aliphatic rings. The van der Waals surface area contributed by atoms with Crippen LogP contribution in [0.5, 0.6) is 0 Å². The number of hydrogen-bond acceptors (Lipinski definition) is 5. The molecule has 0 bridgehead atoms. The average molecular weight is 246 g/mol. The molecular weight excluding hydrogens is 236 g/mol. The lowest BCUT2D eigenvalue weighted by Crippen LogP contribution is -2.01. The monoisotopic (exact) mass is 246 g/mol. The zero-order valence-corrected chi connectivity index (χ0v) is 10.0. The molecule has 86 valence electrons. The van der Waals surface area contributed by atoms with Gasteiger partial charge in [-0.2, -0.15) is 10.1 Å². The molecule has 0 saturated heterocycles. The normalized spacial score (nSPS) is 10.9. The van der Waals surface area contributed by atoms with Crippen LogP contribution >= 0.6 is 11.3 Å². The van der Waals surface area contributed by atoms with E-state index >= 15 is 0 Å². The Bertz CT molecular complexity index is 611. The van der Waals surface area contributed by atoms with E-state index in [9.17, 15) is 0 Å². The van der Waals surface area contributed by atoms with Crippen LogP contribution in [0.4, 0.5) is 0 Å². The Morgan fingerprint density at radius 3 is 3.12 bits per heavy atom. The van der Waals surface area contributed by atoms with E-state index in [1.54, 1.807) is 22.2 Å². The van der Waals surface area contributed by atoms with Gasteiger partial charge in [0.15, 0.2) is 5.82 Å². The highest BCUT2D eigenvalue weighted by molar-refractivity contribution is 7.13. The van der Waals surface area contributed by atoms with Crippen LogP contribution in [-0.2, 0) is 6.54 Å². The smallest absolute Gasteiger partial charge is 0.268 e. The Morgan fingerprint density at radius 1 is 1.47 bits per heavy atom. The second-order valence-corrected chi connectivity index (χ2v) is 4.66. The van der Waals surface area contributed by atoms with Gasteiger partial charge in [-0.25, -0.2) is 0 Å². The topological polar surface area (TPSA) is 56.7 Å². The lowest BCUT2D eigenvalue weighted by molar-refractivity contribution is 0.419. The Kier molecular flexibility index (Phi) is 2.49. The molecule has 0 aliphatic carbocycles. The zero-order valence-electron chi connectivity index (χ0n) is 9.20. The predicted molar refractivity (Wildman–Crippen MR) is 63.7 cm³/mol. The number of aromatic nitrogens is 4. The van der Waals surface area contributed by atoms with Crippen molar-refractivity contribution in [2.24, 2.45) is 0 Å². The van der Waals surface area contributed by atoms with Crippen LogP contribution in [0, 0.1) is 6.92 Å². The first-order chi connectivity index (χ1) is 8.31. The van der Waals surface area contributed by atoms with Gasteiger partial charge in [-0.3, -0.25) is 4.68 Å². The average Bonchev–Trinajstić information content (AvgIpc) is 3.00. The summed E-state index contributed by atoms with van der Waals surface area (Å²) in [5, 5.41) is 10.1. The molecule has 5 nitrogen and oxygen atoms in total. The number of nitrogens with zero attached hydrogens (tertiary/aromatic N) is 4. The predicted octanol–water partition coefficient (Wildman–Crippen LogP) is 2.35. The molecular formula is C11H10N4OS. The van der Waals surface area contributed by atoms with Crippen molar-refractivity contribution >= 4 is 11.3 Å². The van der Waals surface area contributed by atoms with Crippen molar-refractivity contribution in [2.75, 3.05) is 0 Å². The van der Waals surface area contributed by atoms with E-state index in [-0.39, 0.29) is 0 Å². The molecule has 0 radical (unpaired) electrons. The molecule has 0 aliphatic heterocycles. The van der Waals surface area contributed by atoms with Gasteiger partial charge in [0.25, 0.3) is 5.89 Å². The minimum absolute atomic E-state index is 0.530. The molecule has 0 unspecified atom stereocenters. The van der Waals surface area contributed by atoms with Gasteiger partial charge >= 0.3 is 0 Å². The minimum Gasteiger partial charge on any atom is -0.333 e. The van der Waals surface area contributed by atoms with E-state index in [4.69, 9.17) is 4.52 Å². The first kappa shape index (κ1) is 10.2. The van der Waals surface area contributed by atoms with Gasteiger partial charge in [0, 0.05) is 6.20 Å². The van der Waals surface area contributed by atoms with Crippen molar-refractivity contribution in [3.63, 3.8) is 0 Å². The summed E-state index contributed by atoms with van der Waals surface area (Å²) >= 11 is 1.58.